The lowest BCUT2D eigenvalue weighted by molar-refractivity contribution is 0.0692. The molecule has 1 amide bonds. The average molecular weight is 354 g/mol. The van der Waals surface area contributed by atoms with E-state index in [4.69, 9.17) is 0 Å². The van der Waals surface area contributed by atoms with Crippen LogP contribution in [0.4, 0.5) is 5.69 Å². The van der Waals surface area contributed by atoms with Crippen LogP contribution in [0.1, 0.15) is 30.5 Å². The van der Waals surface area contributed by atoms with Crippen LogP contribution < -0.4 is 5.32 Å². The topological polar surface area (TPSA) is 66.4 Å². The van der Waals surface area contributed by atoms with Gasteiger partial charge in [-0.15, -0.1) is 11.3 Å². The highest BCUT2D eigenvalue weighted by Crippen LogP contribution is 2.28. The van der Waals surface area contributed by atoms with Gasteiger partial charge in [0.05, 0.1) is 5.56 Å². The molecular formula is C14H12BrNO3S. The van der Waals surface area contributed by atoms with E-state index < -0.39 is 11.9 Å². The van der Waals surface area contributed by atoms with Crippen LogP contribution in [0.5, 0.6) is 0 Å². The molecule has 1 heterocycles. The molecule has 0 bridgehead atoms. The van der Waals surface area contributed by atoms with Gasteiger partial charge in [0.25, 0.3) is 5.91 Å². The van der Waals surface area contributed by atoms with Gasteiger partial charge < -0.3 is 10.4 Å². The minimum atomic E-state index is -1.08. The fourth-order valence-electron chi connectivity index (χ4n) is 1.80. The predicted molar refractivity (Wildman–Crippen MR) is 82.8 cm³/mol. The molecule has 0 aliphatic heterocycles. The SMILES string of the molecule is Cc1sc(C(=O)Nc2cccc(Br)c2)c(C(=O)O)c1C. The van der Waals surface area contributed by atoms with Gasteiger partial charge in [0.15, 0.2) is 0 Å². The number of nitrogens with one attached hydrogen (secondary N) is 1. The second-order valence-corrected chi connectivity index (χ2v) is 6.40. The Morgan fingerprint density at radius 2 is 2.00 bits per heavy atom. The van der Waals surface area contributed by atoms with E-state index in [1.54, 1.807) is 25.1 Å². The third-order valence-corrected chi connectivity index (χ3v) is 4.59. The number of aryl methyl sites for hydroxylation is 1. The second-order valence-electron chi connectivity index (χ2n) is 4.26. The Labute approximate surface area is 128 Å². The number of carbonyl (C=O) groups excluding carboxylic acids is 1. The minimum absolute atomic E-state index is 0.0833. The number of benzene rings is 1. The van der Waals surface area contributed by atoms with Crippen LogP contribution in [0.15, 0.2) is 28.7 Å². The Morgan fingerprint density at radius 3 is 2.60 bits per heavy atom. The summed E-state index contributed by atoms with van der Waals surface area (Å²) in [6, 6.07) is 7.14. The fraction of sp³-hybridized carbons (Fsp3) is 0.143. The molecule has 20 heavy (non-hydrogen) atoms. The summed E-state index contributed by atoms with van der Waals surface area (Å²) in [6.07, 6.45) is 0. The van der Waals surface area contributed by atoms with E-state index >= 15 is 0 Å². The first-order chi connectivity index (χ1) is 9.40. The predicted octanol–water partition coefficient (Wildman–Crippen LogP) is 4.08. The third kappa shape index (κ3) is 2.91. The number of halogens is 1. The number of rotatable bonds is 3. The van der Waals surface area contributed by atoms with Gasteiger partial charge in [0.2, 0.25) is 0 Å². The van der Waals surface area contributed by atoms with Crippen LogP contribution in [0.3, 0.4) is 0 Å². The molecule has 1 aromatic carbocycles. The number of aromatic carboxylic acids is 1. The molecule has 0 aliphatic carbocycles. The smallest absolute Gasteiger partial charge is 0.337 e. The Hall–Kier alpha value is -1.66. The van der Waals surface area contributed by atoms with E-state index in [0.29, 0.717) is 11.3 Å². The summed E-state index contributed by atoms with van der Waals surface area (Å²) in [6.45, 7) is 3.52. The summed E-state index contributed by atoms with van der Waals surface area (Å²) >= 11 is 4.52. The van der Waals surface area contributed by atoms with E-state index in [0.717, 1.165) is 9.35 Å². The van der Waals surface area contributed by atoms with Crippen LogP contribution in [0, 0.1) is 13.8 Å². The van der Waals surface area contributed by atoms with Gasteiger partial charge in [-0.25, -0.2) is 4.79 Å². The average Bonchev–Trinajstić information content (AvgIpc) is 2.66. The van der Waals surface area contributed by atoms with Crippen molar-refractivity contribution in [3.8, 4) is 0 Å². The number of hydrogen-bond donors (Lipinski definition) is 2. The number of hydrogen-bond acceptors (Lipinski definition) is 3. The van der Waals surface area contributed by atoms with E-state index in [2.05, 4.69) is 21.2 Å². The van der Waals surface area contributed by atoms with Crippen molar-refractivity contribution in [3.63, 3.8) is 0 Å². The van der Waals surface area contributed by atoms with E-state index in [1.807, 2.05) is 13.0 Å². The maximum atomic E-state index is 12.2. The van der Waals surface area contributed by atoms with Gasteiger partial charge in [-0.3, -0.25) is 4.79 Å². The summed E-state index contributed by atoms with van der Waals surface area (Å²) in [5, 5.41) is 12.0. The van der Waals surface area contributed by atoms with Crippen LogP contribution in [0.2, 0.25) is 0 Å². The van der Waals surface area contributed by atoms with Gasteiger partial charge in [0, 0.05) is 15.0 Å². The van der Waals surface area contributed by atoms with E-state index in [-0.39, 0.29) is 10.4 Å². The van der Waals surface area contributed by atoms with Gasteiger partial charge in [-0.1, -0.05) is 22.0 Å². The number of anilines is 1. The fourth-order valence-corrected chi connectivity index (χ4v) is 3.25. The van der Waals surface area contributed by atoms with Gasteiger partial charge in [0.1, 0.15) is 4.88 Å². The highest BCUT2D eigenvalue weighted by molar-refractivity contribution is 9.10. The molecule has 4 nitrogen and oxygen atoms in total. The molecule has 6 heteroatoms. The molecular weight excluding hydrogens is 342 g/mol. The number of carboxylic acid groups (broad SMARTS) is 1. The number of amides is 1. The van der Waals surface area contributed by atoms with Crippen molar-refractivity contribution >= 4 is 44.8 Å². The number of carbonyl (C=O) groups is 2. The van der Waals surface area contributed by atoms with Crippen LogP contribution in [-0.4, -0.2) is 17.0 Å². The molecule has 0 aliphatic rings. The van der Waals surface area contributed by atoms with Gasteiger partial charge in [-0.2, -0.15) is 0 Å². The lowest BCUT2D eigenvalue weighted by Gasteiger charge is -2.05. The quantitative estimate of drug-likeness (QED) is 0.873. The van der Waals surface area contributed by atoms with Crippen molar-refractivity contribution in [3.05, 3.63) is 49.6 Å². The standard InChI is InChI=1S/C14H12BrNO3S/c1-7-8(2)20-12(11(7)14(18)19)13(17)16-10-5-3-4-9(15)6-10/h3-6H,1-2H3,(H,16,17)(H,18,19). The van der Waals surface area contributed by atoms with Crippen molar-refractivity contribution < 1.29 is 14.7 Å². The first-order valence-corrected chi connectivity index (χ1v) is 7.41. The Balaban J connectivity index is 2.35. The second kappa shape index (κ2) is 5.76. The molecule has 0 saturated carbocycles. The molecule has 0 radical (unpaired) electrons. The van der Waals surface area contributed by atoms with Crippen LogP contribution >= 0.6 is 27.3 Å². The summed E-state index contributed by atoms with van der Waals surface area (Å²) in [4.78, 5) is 24.6. The molecule has 104 valence electrons. The van der Waals surface area contributed by atoms with Crippen molar-refractivity contribution in [2.45, 2.75) is 13.8 Å². The van der Waals surface area contributed by atoms with Crippen LogP contribution in [-0.2, 0) is 0 Å². The van der Waals surface area contributed by atoms with Crippen molar-refractivity contribution in [2.75, 3.05) is 5.32 Å². The first kappa shape index (κ1) is 14.7. The highest BCUT2D eigenvalue weighted by atomic mass is 79.9. The Kier molecular flexibility index (Phi) is 4.25. The summed E-state index contributed by atoms with van der Waals surface area (Å²) in [7, 11) is 0. The number of thiophene rings is 1. The normalized spacial score (nSPS) is 10.3. The third-order valence-electron chi connectivity index (χ3n) is 2.89. The zero-order valence-electron chi connectivity index (χ0n) is 10.9. The molecule has 0 atom stereocenters. The molecule has 0 unspecified atom stereocenters. The number of carboxylic acids is 1. The first-order valence-electron chi connectivity index (χ1n) is 5.80. The Bertz CT molecular complexity index is 694. The monoisotopic (exact) mass is 353 g/mol. The summed E-state index contributed by atoms with van der Waals surface area (Å²) in [5.41, 5.74) is 1.34. The van der Waals surface area contributed by atoms with E-state index in [1.165, 1.54) is 11.3 Å². The van der Waals surface area contributed by atoms with E-state index in [9.17, 15) is 14.7 Å². The van der Waals surface area contributed by atoms with Gasteiger partial charge >= 0.3 is 5.97 Å². The minimum Gasteiger partial charge on any atom is -0.478 e. The highest BCUT2D eigenvalue weighted by Gasteiger charge is 2.23. The molecule has 2 N–H and O–H groups in total. The zero-order valence-corrected chi connectivity index (χ0v) is 13.3. The van der Waals surface area contributed by atoms with Crippen molar-refractivity contribution in [2.24, 2.45) is 0 Å². The molecule has 0 spiro atoms. The lowest BCUT2D eigenvalue weighted by atomic mass is 10.1. The summed E-state index contributed by atoms with van der Waals surface area (Å²) in [5.74, 6) is -1.48. The molecule has 0 saturated heterocycles. The lowest BCUT2D eigenvalue weighted by Crippen LogP contribution is -2.14. The molecule has 0 fully saturated rings. The van der Waals surface area contributed by atoms with Crippen LogP contribution in [0.25, 0.3) is 0 Å². The van der Waals surface area contributed by atoms with Crippen molar-refractivity contribution in [1.29, 1.82) is 0 Å². The summed E-state index contributed by atoms with van der Waals surface area (Å²) < 4.78 is 0.840. The zero-order chi connectivity index (χ0) is 14.9. The largest absolute Gasteiger partial charge is 0.478 e. The van der Waals surface area contributed by atoms with Crippen molar-refractivity contribution in [1.82, 2.24) is 0 Å². The molecule has 2 rings (SSSR count). The maximum Gasteiger partial charge on any atom is 0.337 e. The maximum absolute atomic E-state index is 12.2. The molecule has 1 aromatic heterocycles. The van der Waals surface area contributed by atoms with Gasteiger partial charge in [-0.05, 0) is 37.6 Å². The Morgan fingerprint density at radius 1 is 1.30 bits per heavy atom. The molecule has 2 aromatic rings.